The minimum atomic E-state index is -0.248. The molecular weight excluding hydrogens is 276 g/mol. The lowest BCUT2D eigenvalue weighted by atomic mass is 9.74. The van der Waals surface area contributed by atoms with Crippen LogP contribution in [0.1, 0.15) is 61.4 Å². The van der Waals surface area contributed by atoms with Gasteiger partial charge in [0.15, 0.2) is 0 Å². The molecule has 2 aliphatic rings. The van der Waals surface area contributed by atoms with Gasteiger partial charge in [-0.05, 0) is 56.9 Å². The molecule has 0 radical (unpaired) electrons. The van der Waals surface area contributed by atoms with E-state index in [9.17, 15) is 9.90 Å². The van der Waals surface area contributed by atoms with Crippen molar-refractivity contribution < 1.29 is 9.90 Å². The van der Waals surface area contributed by atoms with E-state index in [-0.39, 0.29) is 24.0 Å². The van der Waals surface area contributed by atoms with Crippen LogP contribution in [0.2, 0.25) is 0 Å². The van der Waals surface area contributed by atoms with Gasteiger partial charge in [-0.2, -0.15) is 0 Å². The van der Waals surface area contributed by atoms with Crippen molar-refractivity contribution in [2.45, 2.75) is 64.5 Å². The van der Waals surface area contributed by atoms with E-state index < -0.39 is 0 Å². The molecule has 0 bridgehead atoms. The third-order valence-electron chi connectivity index (χ3n) is 5.61. The lowest BCUT2D eigenvalue weighted by Gasteiger charge is -2.45. The number of piperidine rings is 1. The highest BCUT2D eigenvalue weighted by Gasteiger charge is 2.39. The average molecular weight is 304 g/mol. The molecule has 4 atom stereocenters. The second-order valence-electron chi connectivity index (χ2n) is 7.26. The lowest BCUT2D eigenvalue weighted by molar-refractivity contribution is -0.0121. The Morgan fingerprint density at radius 1 is 1.27 bits per heavy atom. The second kappa shape index (κ2) is 6.45. The zero-order chi connectivity index (χ0) is 15.7. The topological polar surface area (TPSA) is 56.3 Å². The SMILES string of the molecule is Cc1c[nH]cc1C(=O)N1CCCCC1C1CC(C)CCC1O. The molecule has 1 aromatic heterocycles. The number of rotatable bonds is 2. The quantitative estimate of drug-likeness (QED) is 0.882. The predicted molar refractivity (Wildman–Crippen MR) is 86.7 cm³/mol. The number of H-pyrrole nitrogens is 1. The smallest absolute Gasteiger partial charge is 0.255 e. The van der Waals surface area contributed by atoms with Gasteiger partial charge >= 0.3 is 0 Å². The Bertz CT molecular complexity index is 525. The summed E-state index contributed by atoms with van der Waals surface area (Å²) in [5.74, 6) is 1.03. The van der Waals surface area contributed by atoms with Gasteiger partial charge in [0, 0.05) is 30.9 Å². The number of aryl methyl sites for hydroxylation is 1. The van der Waals surface area contributed by atoms with Gasteiger partial charge in [0.05, 0.1) is 11.7 Å². The standard InChI is InChI=1S/C18H28N2O2/c1-12-6-7-17(21)14(9-12)16-5-3-4-8-20(16)18(22)15-11-19-10-13(15)2/h10-12,14,16-17,19,21H,3-9H2,1-2H3. The van der Waals surface area contributed by atoms with Crippen molar-refractivity contribution >= 4 is 5.91 Å². The summed E-state index contributed by atoms with van der Waals surface area (Å²) in [6.45, 7) is 5.07. The zero-order valence-electron chi connectivity index (χ0n) is 13.7. The van der Waals surface area contributed by atoms with Crippen molar-refractivity contribution in [3.8, 4) is 0 Å². The largest absolute Gasteiger partial charge is 0.393 e. The van der Waals surface area contributed by atoms with Crippen molar-refractivity contribution in [3.63, 3.8) is 0 Å². The first-order chi connectivity index (χ1) is 10.6. The number of likely N-dealkylation sites (tertiary alicyclic amines) is 1. The molecule has 1 amide bonds. The van der Waals surface area contributed by atoms with Crippen LogP contribution in [-0.4, -0.2) is 39.6 Å². The molecule has 3 rings (SSSR count). The number of hydrogen-bond acceptors (Lipinski definition) is 2. The average Bonchev–Trinajstić information content (AvgIpc) is 2.95. The van der Waals surface area contributed by atoms with Crippen LogP contribution < -0.4 is 0 Å². The first kappa shape index (κ1) is 15.6. The summed E-state index contributed by atoms with van der Waals surface area (Å²) in [6.07, 6.45) is 9.74. The lowest BCUT2D eigenvalue weighted by Crippen LogP contribution is -2.51. The minimum absolute atomic E-state index is 0.133. The Morgan fingerprint density at radius 3 is 2.82 bits per heavy atom. The summed E-state index contributed by atoms with van der Waals surface area (Å²) in [5.41, 5.74) is 1.79. The number of nitrogens with one attached hydrogen (secondary N) is 1. The summed E-state index contributed by atoms with van der Waals surface area (Å²) in [6, 6.07) is 0.202. The summed E-state index contributed by atoms with van der Waals surface area (Å²) < 4.78 is 0. The van der Waals surface area contributed by atoms with Gasteiger partial charge < -0.3 is 15.0 Å². The second-order valence-corrected chi connectivity index (χ2v) is 7.26. The Morgan fingerprint density at radius 2 is 2.09 bits per heavy atom. The van der Waals surface area contributed by atoms with Crippen molar-refractivity contribution in [1.82, 2.24) is 9.88 Å². The van der Waals surface area contributed by atoms with Gasteiger partial charge in [0.1, 0.15) is 0 Å². The highest BCUT2D eigenvalue weighted by atomic mass is 16.3. The van der Waals surface area contributed by atoms with Crippen LogP contribution in [0.3, 0.4) is 0 Å². The molecule has 0 aromatic carbocycles. The fourth-order valence-corrected chi connectivity index (χ4v) is 4.30. The van der Waals surface area contributed by atoms with Gasteiger partial charge in [0.2, 0.25) is 0 Å². The molecule has 4 nitrogen and oxygen atoms in total. The molecule has 2 heterocycles. The first-order valence-corrected chi connectivity index (χ1v) is 8.70. The number of carbonyl (C=O) groups excluding carboxylic acids is 1. The maximum Gasteiger partial charge on any atom is 0.255 e. The van der Waals surface area contributed by atoms with Gasteiger partial charge in [0.25, 0.3) is 5.91 Å². The molecule has 0 spiro atoms. The number of aliphatic hydroxyl groups excluding tert-OH is 1. The first-order valence-electron chi connectivity index (χ1n) is 8.70. The third kappa shape index (κ3) is 2.94. The van der Waals surface area contributed by atoms with Crippen LogP contribution in [0.25, 0.3) is 0 Å². The minimum Gasteiger partial charge on any atom is -0.393 e. The molecule has 22 heavy (non-hydrogen) atoms. The van der Waals surface area contributed by atoms with E-state index in [1.165, 1.54) is 0 Å². The van der Waals surface area contributed by atoms with Gasteiger partial charge in [-0.25, -0.2) is 0 Å². The van der Waals surface area contributed by atoms with E-state index in [2.05, 4.69) is 11.9 Å². The molecule has 1 saturated heterocycles. The molecule has 2 fully saturated rings. The molecule has 122 valence electrons. The monoisotopic (exact) mass is 304 g/mol. The Hall–Kier alpha value is -1.29. The number of amides is 1. The molecule has 1 aliphatic heterocycles. The van der Waals surface area contributed by atoms with Gasteiger partial charge in [-0.15, -0.1) is 0 Å². The fraction of sp³-hybridized carbons (Fsp3) is 0.722. The van der Waals surface area contributed by atoms with Crippen LogP contribution in [0, 0.1) is 18.8 Å². The van der Waals surface area contributed by atoms with Gasteiger partial charge in [-0.1, -0.05) is 6.92 Å². The summed E-state index contributed by atoms with van der Waals surface area (Å²) >= 11 is 0. The molecular formula is C18H28N2O2. The maximum atomic E-state index is 12.9. The van der Waals surface area contributed by atoms with E-state index >= 15 is 0 Å². The van der Waals surface area contributed by atoms with Gasteiger partial charge in [-0.3, -0.25) is 4.79 Å². The molecule has 1 saturated carbocycles. The molecule has 4 heteroatoms. The maximum absolute atomic E-state index is 12.9. The molecule has 4 unspecified atom stereocenters. The Labute approximate surface area is 132 Å². The number of carbonyl (C=O) groups is 1. The number of aliphatic hydroxyl groups is 1. The van der Waals surface area contributed by atoms with Crippen molar-refractivity contribution in [1.29, 1.82) is 0 Å². The van der Waals surface area contributed by atoms with E-state index in [0.717, 1.165) is 56.2 Å². The summed E-state index contributed by atoms with van der Waals surface area (Å²) in [7, 11) is 0. The number of aromatic nitrogens is 1. The van der Waals surface area contributed by atoms with Crippen molar-refractivity contribution in [2.75, 3.05) is 6.54 Å². The number of hydrogen-bond donors (Lipinski definition) is 2. The third-order valence-corrected chi connectivity index (χ3v) is 5.61. The summed E-state index contributed by atoms with van der Waals surface area (Å²) in [4.78, 5) is 18.0. The summed E-state index contributed by atoms with van der Waals surface area (Å²) in [5, 5.41) is 10.5. The highest BCUT2D eigenvalue weighted by molar-refractivity contribution is 5.95. The number of nitrogens with zero attached hydrogens (tertiary/aromatic N) is 1. The van der Waals surface area contributed by atoms with Crippen molar-refractivity contribution in [2.24, 2.45) is 11.8 Å². The molecule has 2 N–H and O–H groups in total. The number of aromatic amines is 1. The van der Waals surface area contributed by atoms with E-state index in [0.29, 0.717) is 5.92 Å². The molecule has 1 aromatic rings. The van der Waals surface area contributed by atoms with Crippen molar-refractivity contribution in [3.05, 3.63) is 23.5 Å². The van der Waals surface area contributed by atoms with Crippen LogP contribution >= 0.6 is 0 Å². The van der Waals surface area contributed by atoms with Crippen LogP contribution in [0.15, 0.2) is 12.4 Å². The fourth-order valence-electron chi connectivity index (χ4n) is 4.30. The Kier molecular flexibility index (Phi) is 4.57. The van der Waals surface area contributed by atoms with Crippen LogP contribution in [0.5, 0.6) is 0 Å². The normalized spacial score (nSPS) is 33.0. The van der Waals surface area contributed by atoms with Crippen LogP contribution in [0.4, 0.5) is 0 Å². The zero-order valence-corrected chi connectivity index (χ0v) is 13.7. The predicted octanol–water partition coefficient (Wildman–Crippen LogP) is 3.11. The highest BCUT2D eigenvalue weighted by Crippen LogP contribution is 2.37. The van der Waals surface area contributed by atoms with Crippen LogP contribution in [-0.2, 0) is 0 Å². The van der Waals surface area contributed by atoms with E-state index in [4.69, 9.17) is 0 Å². The van der Waals surface area contributed by atoms with E-state index in [1.54, 1.807) is 0 Å². The Balaban J connectivity index is 1.82. The molecule has 1 aliphatic carbocycles. The van der Waals surface area contributed by atoms with E-state index in [1.807, 2.05) is 24.2 Å².